The Kier molecular flexibility index (Phi) is 7.11. The Hall–Kier alpha value is -4.97. The molecule has 0 aliphatic carbocycles. The van der Waals surface area contributed by atoms with E-state index in [1.165, 1.54) is 24.3 Å². The predicted octanol–water partition coefficient (Wildman–Crippen LogP) is 7.01. The van der Waals surface area contributed by atoms with Gasteiger partial charge in [-0.15, -0.1) is 0 Å². The number of benzene rings is 4. The number of carbonyl (C=O) groups excluding carboxylic acids is 1. The number of nitrogens with zero attached hydrogens (tertiary/aromatic N) is 1. The zero-order valence-corrected chi connectivity index (χ0v) is 22.0. The van der Waals surface area contributed by atoms with Crippen LogP contribution >= 0.6 is 0 Å². The highest BCUT2D eigenvalue weighted by Crippen LogP contribution is 2.46. The maximum absolute atomic E-state index is 15.3. The summed E-state index contributed by atoms with van der Waals surface area (Å²) in [6, 6.07) is 11.9. The molecule has 5 rings (SSSR count). The van der Waals surface area contributed by atoms with E-state index in [1.54, 1.807) is 25.1 Å². The van der Waals surface area contributed by atoms with Crippen molar-refractivity contribution in [1.82, 2.24) is 5.43 Å². The molecule has 216 valence electrons. The average molecular weight is 584 g/mol. The van der Waals surface area contributed by atoms with Gasteiger partial charge in [0.15, 0.2) is 0 Å². The highest BCUT2D eigenvalue weighted by Gasteiger charge is 2.43. The molecule has 0 bridgehead atoms. The number of aromatic carboxylic acids is 1. The number of hydrogen-bond acceptors (Lipinski definition) is 5. The number of aromatic hydroxyl groups is 1. The first-order chi connectivity index (χ1) is 19.8. The van der Waals surface area contributed by atoms with E-state index in [0.29, 0.717) is 12.1 Å². The van der Waals surface area contributed by atoms with Crippen LogP contribution in [0.15, 0.2) is 66.7 Å². The van der Waals surface area contributed by atoms with Crippen LogP contribution in [0.25, 0.3) is 11.1 Å². The Morgan fingerprint density at radius 3 is 2.33 bits per heavy atom. The molecule has 4 aromatic rings. The molecule has 0 saturated carbocycles. The highest BCUT2D eigenvalue weighted by atomic mass is 19.4. The molecule has 1 aliphatic rings. The minimum absolute atomic E-state index is 0.0278. The smallest absolute Gasteiger partial charge is 0.416 e. The lowest BCUT2D eigenvalue weighted by Crippen LogP contribution is -2.35. The van der Waals surface area contributed by atoms with E-state index in [4.69, 9.17) is 0 Å². The molecule has 0 aromatic heterocycles. The van der Waals surface area contributed by atoms with E-state index in [9.17, 15) is 37.4 Å². The van der Waals surface area contributed by atoms with E-state index in [-0.39, 0.29) is 33.8 Å². The number of anilines is 3. The normalized spacial score (nSPS) is 14.7. The van der Waals surface area contributed by atoms with Gasteiger partial charge in [0.05, 0.1) is 22.5 Å². The first-order valence-corrected chi connectivity index (χ1v) is 12.5. The van der Waals surface area contributed by atoms with Gasteiger partial charge in [-0.3, -0.25) is 9.69 Å². The van der Waals surface area contributed by atoms with Gasteiger partial charge in [0.25, 0.3) is 5.91 Å². The summed E-state index contributed by atoms with van der Waals surface area (Å²) in [5.41, 5.74) is 4.86. The number of halogens is 5. The Bertz CT molecular complexity index is 1760. The Labute approximate surface area is 235 Å². The molecule has 1 amide bonds. The second-order valence-corrected chi connectivity index (χ2v) is 9.73. The first kappa shape index (κ1) is 28.6. The number of phenols is 1. The minimum Gasteiger partial charge on any atom is -0.505 e. The molecule has 1 aliphatic heterocycles. The van der Waals surface area contributed by atoms with Gasteiger partial charge in [0.1, 0.15) is 23.4 Å². The van der Waals surface area contributed by atoms with Crippen molar-refractivity contribution in [1.29, 1.82) is 0 Å². The van der Waals surface area contributed by atoms with Crippen LogP contribution in [0.3, 0.4) is 0 Å². The number of rotatable bonds is 6. The summed E-state index contributed by atoms with van der Waals surface area (Å²) in [6.07, 6.45) is -4.87. The maximum atomic E-state index is 15.3. The van der Waals surface area contributed by atoms with E-state index in [1.807, 2.05) is 6.92 Å². The monoisotopic (exact) mass is 583 g/mol. The summed E-state index contributed by atoms with van der Waals surface area (Å²) in [6.45, 7) is 3.59. The molecule has 0 saturated heterocycles. The summed E-state index contributed by atoms with van der Waals surface area (Å²) in [5.74, 6) is -4.93. The SMILES string of the molecule is Cc1ccc(N2C(=O)C(NNc3cccc(-c4ccc(F)c(C(=O)O)c4)c3O)c3c(F)cc(C(F)(F)F)cc32)cc1C. The van der Waals surface area contributed by atoms with E-state index >= 15 is 4.39 Å². The molecule has 12 heteroatoms. The molecule has 0 spiro atoms. The lowest BCUT2D eigenvalue weighted by molar-refractivity contribution is -0.137. The number of para-hydroxylation sites is 1. The summed E-state index contributed by atoms with van der Waals surface area (Å²) >= 11 is 0. The van der Waals surface area contributed by atoms with Gasteiger partial charge < -0.3 is 15.6 Å². The molecule has 42 heavy (non-hydrogen) atoms. The first-order valence-electron chi connectivity index (χ1n) is 12.5. The van der Waals surface area contributed by atoms with Crippen LogP contribution in [-0.4, -0.2) is 22.1 Å². The van der Waals surface area contributed by atoms with Crippen LogP contribution in [0, 0.1) is 25.5 Å². The molecule has 0 radical (unpaired) electrons. The summed E-state index contributed by atoms with van der Waals surface area (Å²) < 4.78 is 69.9. The van der Waals surface area contributed by atoms with Crippen LogP contribution in [0.4, 0.5) is 39.0 Å². The molecule has 1 unspecified atom stereocenters. The number of hydrogen-bond donors (Lipinski definition) is 4. The standard InChI is InChI=1S/C30H22F5N3O4/c1-14-6-8-18(10-15(14)2)38-24-13-17(30(33,34)35)12-22(32)25(24)26(28(38)40)37-36-23-5-3-4-19(27(23)39)16-7-9-21(31)20(11-16)29(41)42/h3-13,26,36-37,39H,1-2H3,(H,41,42). The van der Waals surface area contributed by atoms with Crippen LogP contribution in [0.1, 0.15) is 38.7 Å². The fourth-order valence-corrected chi connectivity index (χ4v) is 4.76. The van der Waals surface area contributed by atoms with E-state index in [0.717, 1.165) is 28.2 Å². The van der Waals surface area contributed by atoms with Crippen molar-refractivity contribution in [3.8, 4) is 16.9 Å². The van der Waals surface area contributed by atoms with Gasteiger partial charge in [-0.05, 0) is 73.0 Å². The van der Waals surface area contributed by atoms with Crippen molar-refractivity contribution in [3.63, 3.8) is 0 Å². The zero-order chi connectivity index (χ0) is 30.5. The molecule has 1 heterocycles. The minimum atomic E-state index is -4.87. The quantitative estimate of drug-likeness (QED) is 0.111. The Balaban J connectivity index is 1.53. The average Bonchev–Trinajstić information content (AvgIpc) is 3.21. The molecule has 7 nitrogen and oxygen atoms in total. The number of aryl methyl sites for hydroxylation is 2. The third-order valence-corrected chi connectivity index (χ3v) is 7.08. The van der Waals surface area contributed by atoms with Crippen molar-refractivity contribution in [3.05, 3.63) is 106 Å². The van der Waals surface area contributed by atoms with Gasteiger partial charge in [-0.2, -0.15) is 13.2 Å². The number of carboxylic acid groups (broad SMARTS) is 1. The molecule has 0 fully saturated rings. The number of carboxylic acids is 1. The van der Waals surface area contributed by atoms with Crippen molar-refractivity contribution in [2.75, 3.05) is 10.3 Å². The largest absolute Gasteiger partial charge is 0.505 e. The number of carbonyl (C=O) groups is 2. The van der Waals surface area contributed by atoms with Gasteiger partial charge in [0, 0.05) is 16.8 Å². The van der Waals surface area contributed by atoms with Crippen LogP contribution in [0.5, 0.6) is 5.75 Å². The molecular weight excluding hydrogens is 561 g/mol. The number of phenolic OH excluding ortho intramolecular Hbond substituents is 1. The van der Waals surface area contributed by atoms with Crippen LogP contribution in [-0.2, 0) is 11.0 Å². The zero-order valence-electron chi connectivity index (χ0n) is 22.0. The number of nitrogens with one attached hydrogen (secondary N) is 2. The molecular formula is C30H22F5N3O4. The topological polar surface area (TPSA) is 102 Å². The van der Waals surface area contributed by atoms with Gasteiger partial charge in [-0.1, -0.05) is 24.3 Å². The highest BCUT2D eigenvalue weighted by molar-refractivity contribution is 6.10. The van der Waals surface area contributed by atoms with Gasteiger partial charge in [0.2, 0.25) is 0 Å². The third kappa shape index (κ3) is 5.00. The number of amides is 1. The van der Waals surface area contributed by atoms with Crippen molar-refractivity contribution in [2.24, 2.45) is 0 Å². The second-order valence-electron chi connectivity index (χ2n) is 9.73. The fourth-order valence-electron chi connectivity index (χ4n) is 4.76. The number of hydrazine groups is 1. The van der Waals surface area contributed by atoms with Crippen LogP contribution < -0.4 is 15.8 Å². The Morgan fingerprint density at radius 1 is 0.929 bits per heavy atom. The summed E-state index contributed by atoms with van der Waals surface area (Å²) in [4.78, 5) is 26.0. The van der Waals surface area contributed by atoms with E-state index in [2.05, 4.69) is 10.9 Å². The number of fused-ring (bicyclic) bond motifs is 1. The number of alkyl halides is 3. The summed E-state index contributed by atoms with van der Waals surface area (Å²) in [5, 5.41) is 20.1. The van der Waals surface area contributed by atoms with Crippen molar-refractivity contribution >= 4 is 28.9 Å². The molecule has 4 N–H and O–H groups in total. The van der Waals surface area contributed by atoms with Crippen molar-refractivity contribution in [2.45, 2.75) is 26.1 Å². The van der Waals surface area contributed by atoms with E-state index < -0.39 is 52.6 Å². The van der Waals surface area contributed by atoms with Gasteiger partial charge in [-0.25, -0.2) is 19.0 Å². The van der Waals surface area contributed by atoms with Crippen molar-refractivity contribution < 1.29 is 41.8 Å². The molecule has 4 aromatic carbocycles. The maximum Gasteiger partial charge on any atom is 0.416 e. The molecule has 1 atom stereocenters. The lowest BCUT2D eigenvalue weighted by Gasteiger charge is -2.20. The Morgan fingerprint density at radius 2 is 1.67 bits per heavy atom. The fraction of sp³-hybridized carbons (Fsp3) is 0.133. The van der Waals surface area contributed by atoms with Gasteiger partial charge >= 0.3 is 12.1 Å². The van der Waals surface area contributed by atoms with Crippen LogP contribution in [0.2, 0.25) is 0 Å². The second kappa shape index (κ2) is 10.5. The third-order valence-electron chi connectivity index (χ3n) is 7.08. The predicted molar refractivity (Wildman–Crippen MR) is 144 cm³/mol. The lowest BCUT2D eigenvalue weighted by atomic mass is 10.0. The summed E-state index contributed by atoms with van der Waals surface area (Å²) in [7, 11) is 0.